The molecule has 3 rings (SSSR count). The molecule has 0 N–H and O–H groups in total. The largest absolute Gasteiger partial charge is 0.460 e. The Labute approximate surface area is 230 Å². The molecule has 1 saturated heterocycles. The molecule has 3 fully saturated rings. The van der Waals surface area contributed by atoms with E-state index in [4.69, 9.17) is 27.9 Å². The van der Waals surface area contributed by atoms with E-state index >= 15 is 0 Å². The molecule has 1 aliphatic heterocycles. The smallest absolute Gasteiger partial charge is 0.307 e. The van der Waals surface area contributed by atoms with Crippen LogP contribution in [0.15, 0.2) is 0 Å². The molecule has 0 spiro atoms. The highest BCUT2D eigenvalue weighted by atomic mass is 35.5. The Morgan fingerprint density at radius 2 is 1.59 bits per heavy atom. The van der Waals surface area contributed by atoms with Gasteiger partial charge in [0.1, 0.15) is 9.93 Å². The van der Waals surface area contributed by atoms with Crippen LogP contribution in [0.2, 0.25) is 0 Å². The van der Waals surface area contributed by atoms with Gasteiger partial charge < -0.3 is 9.64 Å². The minimum Gasteiger partial charge on any atom is -0.460 e. The Morgan fingerprint density at radius 1 is 1.00 bits per heavy atom. The molecule has 0 aromatic carbocycles. The standard InChI is InChI=1S/C28H41Cl2NO6/c1-15(32)24(35)17(11-16-9-8-10-16)12-20(33)23-22-19(28(22,29)30)14-31(23)25(36)18(26(2,3)4)13-21(34)37-27(5,6)7/h16-19,22-23H,8-14H2,1-7H3/t17?,18-,19?,22?,23-/m1/s1. The van der Waals surface area contributed by atoms with E-state index in [9.17, 15) is 24.0 Å². The molecule has 7 nitrogen and oxygen atoms in total. The van der Waals surface area contributed by atoms with Crippen molar-refractivity contribution in [1.82, 2.24) is 4.90 Å². The number of amides is 1. The number of ketones is 3. The van der Waals surface area contributed by atoms with Crippen molar-refractivity contribution in [3.63, 3.8) is 0 Å². The number of alkyl halides is 2. The van der Waals surface area contributed by atoms with Crippen molar-refractivity contribution in [1.29, 1.82) is 0 Å². The Hall–Kier alpha value is -1.47. The molecule has 0 aromatic heterocycles. The van der Waals surface area contributed by atoms with E-state index in [1.165, 1.54) is 11.8 Å². The number of nitrogens with zero attached hydrogens (tertiary/aromatic N) is 1. The lowest BCUT2D eigenvalue weighted by Gasteiger charge is -2.37. The summed E-state index contributed by atoms with van der Waals surface area (Å²) in [5, 5.41) is 0. The van der Waals surface area contributed by atoms with Gasteiger partial charge in [0.15, 0.2) is 11.6 Å². The summed E-state index contributed by atoms with van der Waals surface area (Å²) in [5.74, 6) is -3.99. The van der Waals surface area contributed by atoms with Crippen LogP contribution in [-0.4, -0.2) is 56.6 Å². The molecule has 0 aromatic rings. The summed E-state index contributed by atoms with van der Waals surface area (Å²) in [4.78, 5) is 66.4. The van der Waals surface area contributed by atoms with Crippen molar-refractivity contribution >= 4 is 52.4 Å². The van der Waals surface area contributed by atoms with Crippen molar-refractivity contribution in [2.75, 3.05) is 6.54 Å². The number of esters is 1. The molecule has 0 radical (unpaired) electrons. The first-order chi connectivity index (χ1) is 16.8. The topological polar surface area (TPSA) is 97.8 Å². The van der Waals surface area contributed by atoms with Gasteiger partial charge in [-0.1, -0.05) is 40.0 Å². The third kappa shape index (κ3) is 6.76. The SMILES string of the molecule is CC(=O)C(=O)C(CC(=O)[C@@H]1C2C(CN1C(=O)[C@@H](CC(=O)OC(C)(C)C)C(C)(C)C)C2(Cl)Cl)CC1CCC1. The van der Waals surface area contributed by atoms with Crippen molar-refractivity contribution < 1.29 is 28.7 Å². The first-order valence-electron chi connectivity index (χ1n) is 13.3. The third-order valence-electron chi connectivity index (χ3n) is 8.09. The summed E-state index contributed by atoms with van der Waals surface area (Å²) < 4.78 is 4.36. The molecule has 1 amide bonds. The van der Waals surface area contributed by atoms with Gasteiger partial charge in [-0.15, -0.1) is 23.2 Å². The molecule has 208 valence electrons. The highest BCUT2D eigenvalue weighted by molar-refractivity contribution is 6.51. The van der Waals surface area contributed by atoms with E-state index in [-0.39, 0.29) is 37.0 Å². The van der Waals surface area contributed by atoms with Crippen LogP contribution in [0, 0.1) is 35.0 Å². The van der Waals surface area contributed by atoms with E-state index in [1.54, 1.807) is 20.8 Å². The average molecular weight is 559 g/mol. The van der Waals surface area contributed by atoms with Crippen LogP contribution in [0.3, 0.4) is 0 Å². The van der Waals surface area contributed by atoms with Gasteiger partial charge in [0.2, 0.25) is 11.7 Å². The van der Waals surface area contributed by atoms with Crippen LogP contribution in [-0.2, 0) is 28.7 Å². The van der Waals surface area contributed by atoms with Gasteiger partial charge in [-0.25, -0.2) is 0 Å². The third-order valence-corrected chi connectivity index (χ3v) is 9.15. The van der Waals surface area contributed by atoms with Gasteiger partial charge in [0.05, 0.1) is 18.4 Å². The highest BCUT2D eigenvalue weighted by Gasteiger charge is 2.73. The van der Waals surface area contributed by atoms with Crippen molar-refractivity contribution in [3.05, 3.63) is 0 Å². The lowest BCUT2D eigenvalue weighted by Crippen LogP contribution is -2.51. The fourth-order valence-corrected chi connectivity index (χ4v) is 6.61. The van der Waals surface area contributed by atoms with E-state index in [2.05, 4.69) is 0 Å². The predicted molar refractivity (Wildman–Crippen MR) is 141 cm³/mol. The zero-order valence-corrected chi connectivity index (χ0v) is 24.6. The van der Waals surface area contributed by atoms with Crippen LogP contribution >= 0.6 is 23.2 Å². The Kier molecular flexibility index (Phi) is 8.61. The molecule has 0 bridgehead atoms. The van der Waals surface area contributed by atoms with Crippen LogP contribution in [0.1, 0.15) is 87.0 Å². The van der Waals surface area contributed by atoms with Gasteiger partial charge in [-0.3, -0.25) is 24.0 Å². The number of hydrogen-bond donors (Lipinski definition) is 0. The van der Waals surface area contributed by atoms with Gasteiger partial charge in [-0.05, 0) is 38.5 Å². The first-order valence-corrected chi connectivity index (χ1v) is 14.1. The first kappa shape index (κ1) is 30.1. The zero-order chi connectivity index (χ0) is 28.1. The summed E-state index contributed by atoms with van der Waals surface area (Å²) in [7, 11) is 0. The summed E-state index contributed by atoms with van der Waals surface area (Å²) in [6.45, 7) is 12.4. The number of piperidine rings is 1. The molecule has 37 heavy (non-hydrogen) atoms. The summed E-state index contributed by atoms with van der Waals surface area (Å²) in [6, 6.07) is -0.889. The number of Topliss-reactive ketones (excluding diaryl/α,β-unsaturated/α-hetero) is 3. The van der Waals surface area contributed by atoms with Gasteiger partial charge >= 0.3 is 5.97 Å². The highest BCUT2D eigenvalue weighted by Crippen LogP contribution is 2.66. The van der Waals surface area contributed by atoms with Crippen molar-refractivity contribution in [2.45, 2.75) is 103 Å². The fourth-order valence-electron chi connectivity index (χ4n) is 5.78. The maximum absolute atomic E-state index is 13.9. The molecular weight excluding hydrogens is 517 g/mol. The monoisotopic (exact) mass is 557 g/mol. The summed E-state index contributed by atoms with van der Waals surface area (Å²) in [6.07, 6.45) is 3.31. The maximum Gasteiger partial charge on any atom is 0.307 e. The molecule has 9 heteroatoms. The van der Waals surface area contributed by atoms with E-state index in [0.717, 1.165) is 19.3 Å². The minimum atomic E-state index is -1.12. The van der Waals surface area contributed by atoms with Crippen molar-refractivity contribution in [3.8, 4) is 0 Å². The Bertz CT molecular complexity index is 959. The van der Waals surface area contributed by atoms with Gasteiger partial charge in [0, 0.05) is 37.6 Å². The van der Waals surface area contributed by atoms with Crippen LogP contribution in [0.4, 0.5) is 0 Å². The van der Waals surface area contributed by atoms with Crippen LogP contribution < -0.4 is 0 Å². The average Bonchev–Trinajstić information content (AvgIpc) is 3.06. The van der Waals surface area contributed by atoms with E-state index < -0.39 is 56.7 Å². The Morgan fingerprint density at radius 3 is 2.05 bits per heavy atom. The number of carbonyl (C=O) groups excluding carboxylic acids is 5. The van der Waals surface area contributed by atoms with E-state index in [1.807, 2.05) is 20.8 Å². The molecule has 3 unspecified atom stereocenters. The molecule has 2 saturated carbocycles. The van der Waals surface area contributed by atoms with Crippen molar-refractivity contribution in [2.24, 2.45) is 35.0 Å². The lowest BCUT2D eigenvalue weighted by atomic mass is 9.75. The van der Waals surface area contributed by atoms with Crippen LogP contribution in [0.25, 0.3) is 0 Å². The molecule has 1 heterocycles. The number of halogens is 2. The lowest BCUT2D eigenvalue weighted by molar-refractivity contribution is -0.161. The van der Waals surface area contributed by atoms with E-state index in [0.29, 0.717) is 12.3 Å². The number of fused-ring (bicyclic) bond motifs is 1. The molecule has 2 aliphatic carbocycles. The van der Waals surface area contributed by atoms with Gasteiger partial charge in [0.25, 0.3) is 0 Å². The quantitative estimate of drug-likeness (QED) is 0.214. The zero-order valence-electron chi connectivity index (χ0n) is 23.1. The maximum atomic E-state index is 13.9. The second kappa shape index (κ2) is 10.6. The number of carbonyl (C=O) groups is 5. The Balaban J connectivity index is 1.83. The number of rotatable bonds is 10. The second-order valence-electron chi connectivity index (χ2n) is 13.3. The van der Waals surface area contributed by atoms with Gasteiger partial charge in [-0.2, -0.15) is 0 Å². The predicted octanol–water partition coefficient (Wildman–Crippen LogP) is 4.93. The molecular formula is C28H41Cl2NO6. The number of ether oxygens (including phenoxy) is 1. The number of likely N-dealkylation sites (tertiary alicyclic amines) is 1. The number of hydrogen-bond acceptors (Lipinski definition) is 6. The normalized spacial score (nSPS) is 26.5. The summed E-state index contributed by atoms with van der Waals surface area (Å²) >= 11 is 13.0. The minimum absolute atomic E-state index is 0.119. The summed E-state index contributed by atoms with van der Waals surface area (Å²) in [5.41, 5.74) is -1.27. The fraction of sp³-hybridized carbons (Fsp3) is 0.821. The molecule has 3 aliphatic rings. The second-order valence-corrected chi connectivity index (χ2v) is 14.7. The van der Waals surface area contributed by atoms with Crippen LogP contribution in [0.5, 0.6) is 0 Å². The molecule has 5 atom stereocenters.